The molecule has 29 heavy (non-hydrogen) atoms. The molecule has 0 saturated carbocycles. The lowest BCUT2D eigenvalue weighted by Crippen LogP contribution is -2.40. The summed E-state index contributed by atoms with van der Waals surface area (Å²) in [4.78, 5) is 26.3. The van der Waals surface area contributed by atoms with Crippen molar-refractivity contribution >= 4 is 24.2 Å². The first-order valence-electron chi connectivity index (χ1n) is 9.49. The first kappa shape index (κ1) is 22.8. The van der Waals surface area contributed by atoms with Crippen LogP contribution < -0.4 is 10.6 Å². The third-order valence-electron chi connectivity index (χ3n) is 4.82. The van der Waals surface area contributed by atoms with Gasteiger partial charge in [0.05, 0.1) is 18.8 Å². The summed E-state index contributed by atoms with van der Waals surface area (Å²) in [5.41, 5.74) is 1.03. The van der Waals surface area contributed by atoms with Gasteiger partial charge in [0.15, 0.2) is 5.69 Å². The average Bonchev–Trinajstić information content (AvgIpc) is 3.22. The molecule has 1 fully saturated rings. The van der Waals surface area contributed by atoms with Crippen LogP contribution in [0.2, 0.25) is 0 Å². The second kappa shape index (κ2) is 10.9. The molecule has 2 N–H and O–H groups in total. The van der Waals surface area contributed by atoms with E-state index in [4.69, 9.17) is 0 Å². The first-order chi connectivity index (χ1) is 13.6. The molecule has 2 heterocycles. The van der Waals surface area contributed by atoms with Crippen LogP contribution in [0.25, 0.3) is 0 Å². The van der Waals surface area contributed by atoms with Crippen LogP contribution in [-0.4, -0.2) is 57.9 Å². The predicted molar refractivity (Wildman–Crippen MR) is 108 cm³/mol. The molecular weight excluding hydrogens is 399 g/mol. The van der Waals surface area contributed by atoms with Crippen molar-refractivity contribution in [2.45, 2.75) is 32.4 Å². The zero-order valence-electron chi connectivity index (χ0n) is 16.3. The summed E-state index contributed by atoms with van der Waals surface area (Å²) in [6, 6.07) is 6.14. The third kappa shape index (κ3) is 6.23. The largest absolute Gasteiger partial charge is 0.350 e. The Morgan fingerprint density at radius 2 is 1.97 bits per heavy atom. The SMILES string of the molecule is CCN(CC(=O)NCc1ccc(F)cc1)C(=O)c1cn(C2CCNCC2)nn1.Cl. The Morgan fingerprint density at radius 3 is 2.62 bits per heavy atom. The number of likely N-dealkylation sites (N-methyl/N-ethyl adjacent to an activating group) is 1. The highest BCUT2D eigenvalue weighted by Crippen LogP contribution is 2.17. The summed E-state index contributed by atoms with van der Waals surface area (Å²) in [5.74, 6) is -0.930. The smallest absolute Gasteiger partial charge is 0.276 e. The molecule has 0 unspecified atom stereocenters. The molecule has 2 amide bonds. The van der Waals surface area contributed by atoms with Crippen molar-refractivity contribution in [1.29, 1.82) is 0 Å². The Hall–Kier alpha value is -2.52. The summed E-state index contributed by atoms with van der Waals surface area (Å²) >= 11 is 0. The molecular formula is C19H26ClFN6O2. The Labute approximate surface area is 175 Å². The molecule has 0 radical (unpaired) electrons. The van der Waals surface area contributed by atoms with E-state index in [0.717, 1.165) is 31.5 Å². The van der Waals surface area contributed by atoms with Gasteiger partial charge in [0, 0.05) is 13.1 Å². The van der Waals surface area contributed by atoms with Crippen molar-refractivity contribution in [2.75, 3.05) is 26.2 Å². The fraction of sp³-hybridized carbons (Fsp3) is 0.474. The van der Waals surface area contributed by atoms with Crippen molar-refractivity contribution in [3.8, 4) is 0 Å². The zero-order chi connectivity index (χ0) is 19.9. The summed E-state index contributed by atoms with van der Waals surface area (Å²) < 4.78 is 14.7. The lowest BCUT2D eigenvalue weighted by molar-refractivity contribution is -0.121. The summed E-state index contributed by atoms with van der Waals surface area (Å²) in [7, 11) is 0. The molecule has 2 aromatic rings. The third-order valence-corrected chi connectivity index (χ3v) is 4.82. The highest BCUT2D eigenvalue weighted by atomic mass is 35.5. The lowest BCUT2D eigenvalue weighted by Gasteiger charge is -2.22. The van der Waals surface area contributed by atoms with Crippen LogP contribution in [0.15, 0.2) is 30.5 Å². The molecule has 0 aliphatic carbocycles. The highest BCUT2D eigenvalue weighted by Gasteiger charge is 2.23. The first-order valence-corrected chi connectivity index (χ1v) is 9.49. The van der Waals surface area contributed by atoms with Gasteiger partial charge in [0.25, 0.3) is 5.91 Å². The van der Waals surface area contributed by atoms with Crippen LogP contribution in [0.4, 0.5) is 4.39 Å². The van der Waals surface area contributed by atoms with Gasteiger partial charge < -0.3 is 15.5 Å². The van der Waals surface area contributed by atoms with Gasteiger partial charge in [0.1, 0.15) is 5.82 Å². The normalized spacial score (nSPS) is 14.1. The maximum absolute atomic E-state index is 12.9. The van der Waals surface area contributed by atoms with Gasteiger partial charge in [0.2, 0.25) is 5.91 Å². The Balaban J connectivity index is 0.00000300. The topological polar surface area (TPSA) is 92.2 Å². The predicted octanol–water partition coefficient (Wildman–Crippen LogP) is 1.54. The maximum atomic E-state index is 12.9. The molecule has 0 spiro atoms. The minimum Gasteiger partial charge on any atom is -0.350 e. The fourth-order valence-corrected chi connectivity index (χ4v) is 3.15. The molecule has 10 heteroatoms. The van der Waals surface area contributed by atoms with Crippen LogP contribution >= 0.6 is 12.4 Å². The van der Waals surface area contributed by atoms with Gasteiger partial charge in [-0.25, -0.2) is 9.07 Å². The van der Waals surface area contributed by atoms with Crippen molar-refractivity contribution in [1.82, 2.24) is 30.5 Å². The standard InChI is InChI=1S/C19H25FN6O2.ClH/c1-2-25(13-18(27)22-11-14-3-5-15(20)6-4-14)19(28)17-12-26(24-23-17)16-7-9-21-10-8-16;/h3-6,12,16,21H,2,7-11,13H2,1H3,(H,22,27);1H. The van der Waals surface area contributed by atoms with Crippen LogP contribution in [-0.2, 0) is 11.3 Å². The Kier molecular flexibility index (Phi) is 8.53. The summed E-state index contributed by atoms with van der Waals surface area (Å²) in [6.45, 7) is 4.23. The van der Waals surface area contributed by atoms with E-state index in [1.165, 1.54) is 17.0 Å². The molecule has 0 atom stereocenters. The average molecular weight is 425 g/mol. The molecule has 8 nitrogen and oxygen atoms in total. The fourth-order valence-electron chi connectivity index (χ4n) is 3.15. The summed E-state index contributed by atoms with van der Waals surface area (Å²) in [5, 5.41) is 14.1. The molecule has 0 bridgehead atoms. The van der Waals surface area contributed by atoms with Gasteiger partial charge in [-0.15, -0.1) is 17.5 Å². The second-order valence-electron chi connectivity index (χ2n) is 6.79. The number of benzene rings is 1. The van der Waals surface area contributed by atoms with E-state index in [9.17, 15) is 14.0 Å². The van der Waals surface area contributed by atoms with Crippen molar-refractivity contribution in [3.05, 3.63) is 47.5 Å². The van der Waals surface area contributed by atoms with E-state index < -0.39 is 0 Å². The number of hydrogen-bond donors (Lipinski definition) is 2. The Bertz CT molecular complexity index is 807. The summed E-state index contributed by atoms with van der Waals surface area (Å²) in [6.07, 6.45) is 3.55. The van der Waals surface area contributed by atoms with Gasteiger partial charge in [-0.1, -0.05) is 17.3 Å². The van der Waals surface area contributed by atoms with Crippen molar-refractivity contribution in [2.24, 2.45) is 0 Å². The molecule has 1 saturated heterocycles. The van der Waals surface area contributed by atoms with E-state index in [0.29, 0.717) is 6.54 Å². The zero-order valence-corrected chi connectivity index (χ0v) is 17.1. The molecule has 3 rings (SSSR count). The minimum absolute atomic E-state index is 0. The van der Waals surface area contributed by atoms with Gasteiger partial charge in [-0.05, 0) is 50.6 Å². The number of rotatable bonds is 7. The van der Waals surface area contributed by atoms with Gasteiger partial charge >= 0.3 is 0 Å². The number of nitrogens with zero attached hydrogens (tertiary/aromatic N) is 4. The monoisotopic (exact) mass is 424 g/mol. The Morgan fingerprint density at radius 1 is 1.28 bits per heavy atom. The van der Waals surface area contributed by atoms with E-state index in [-0.39, 0.29) is 54.9 Å². The lowest BCUT2D eigenvalue weighted by atomic mass is 10.1. The number of hydrogen-bond acceptors (Lipinski definition) is 5. The molecule has 158 valence electrons. The number of halogens is 2. The van der Waals surface area contributed by atoms with Gasteiger partial charge in [-0.3, -0.25) is 9.59 Å². The molecule has 1 aromatic carbocycles. The van der Waals surface area contributed by atoms with E-state index >= 15 is 0 Å². The van der Waals surface area contributed by atoms with Crippen LogP contribution in [0.5, 0.6) is 0 Å². The highest BCUT2D eigenvalue weighted by molar-refractivity contribution is 5.94. The quantitative estimate of drug-likeness (QED) is 0.703. The molecule has 1 aliphatic heterocycles. The van der Waals surface area contributed by atoms with Gasteiger partial charge in [-0.2, -0.15) is 0 Å². The van der Waals surface area contributed by atoms with Crippen LogP contribution in [0.3, 0.4) is 0 Å². The number of carbonyl (C=O) groups is 2. The van der Waals surface area contributed by atoms with Crippen LogP contribution in [0, 0.1) is 5.82 Å². The van der Waals surface area contributed by atoms with Crippen molar-refractivity contribution < 1.29 is 14.0 Å². The molecule has 1 aliphatic rings. The minimum atomic E-state index is -0.324. The van der Waals surface area contributed by atoms with E-state index in [1.807, 2.05) is 6.92 Å². The number of amides is 2. The number of aromatic nitrogens is 3. The van der Waals surface area contributed by atoms with E-state index in [2.05, 4.69) is 20.9 Å². The maximum Gasteiger partial charge on any atom is 0.276 e. The van der Waals surface area contributed by atoms with Crippen molar-refractivity contribution in [3.63, 3.8) is 0 Å². The van der Waals surface area contributed by atoms with Crippen LogP contribution in [0.1, 0.15) is 41.9 Å². The number of nitrogens with one attached hydrogen (secondary N) is 2. The number of carbonyl (C=O) groups excluding carboxylic acids is 2. The molecule has 1 aromatic heterocycles. The van der Waals surface area contributed by atoms with E-state index in [1.54, 1.807) is 23.0 Å². The second-order valence-corrected chi connectivity index (χ2v) is 6.79. The number of piperidine rings is 1.